The molecule has 19 heavy (non-hydrogen) atoms. The Bertz CT molecular complexity index is 580. The third-order valence-corrected chi connectivity index (χ3v) is 4.37. The van der Waals surface area contributed by atoms with Crippen LogP contribution in [0, 0.1) is 0 Å². The molecule has 0 amide bonds. The second-order valence-electron chi connectivity index (χ2n) is 5.25. The van der Waals surface area contributed by atoms with Crippen molar-refractivity contribution in [2.45, 2.75) is 18.3 Å². The van der Waals surface area contributed by atoms with Crippen LogP contribution >= 0.6 is 15.9 Å². The van der Waals surface area contributed by atoms with Gasteiger partial charge in [0, 0.05) is 37.2 Å². The van der Waals surface area contributed by atoms with Crippen molar-refractivity contribution in [1.29, 1.82) is 0 Å². The molecular weight excluding hydrogens is 304 g/mol. The van der Waals surface area contributed by atoms with E-state index in [0.29, 0.717) is 6.04 Å². The largest absolute Gasteiger partial charge is 0.350 e. The van der Waals surface area contributed by atoms with Gasteiger partial charge < -0.3 is 14.2 Å². The molecule has 1 fully saturated rings. The van der Waals surface area contributed by atoms with Crippen molar-refractivity contribution in [2.24, 2.45) is 0 Å². The molecule has 3 heterocycles. The van der Waals surface area contributed by atoms with Crippen molar-refractivity contribution in [2.75, 3.05) is 31.6 Å². The van der Waals surface area contributed by atoms with Gasteiger partial charge in [0.15, 0.2) is 5.82 Å². The first kappa shape index (κ1) is 12.9. The average molecular weight is 323 g/mol. The SMILES string of the molecule is CC1CN(C)CCN1c1nc2ccccn2c1CBr. The molecule has 5 heteroatoms. The highest BCUT2D eigenvalue weighted by molar-refractivity contribution is 9.08. The van der Waals surface area contributed by atoms with E-state index in [1.54, 1.807) is 0 Å². The lowest BCUT2D eigenvalue weighted by Crippen LogP contribution is -2.51. The van der Waals surface area contributed by atoms with Gasteiger partial charge in [-0.15, -0.1) is 0 Å². The molecule has 1 atom stereocenters. The minimum atomic E-state index is 0.501. The van der Waals surface area contributed by atoms with E-state index in [1.807, 2.05) is 6.07 Å². The van der Waals surface area contributed by atoms with Crippen LogP contribution in [0.3, 0.4) is 0 Å². The van der Waals surface area contributed by atoms with Crippen molar-refractivity contribution in [3.8, 4) is 0 Å². The number of piperazine rings is 1. The van der Waals surface area contributed by atoms with Crippen LogP contribution in [0.1, 0.15) is 12.6 Å². The molecule has 0 N–H and O–H groups in total. The molecule has 4 nitrogen and oxygen atoms in total. The van der Waals surface area contributed by atoms with E-state index >= 15 is 0 Å². The van der Waals surface area contributed by atoms with E-state index in [0.717, 1.165) is 36.4 Å². The Hall–Kier alpha value is -1.07. The number of hydrogen-bond donors (Lipinski definition) is 0. The van der Waals surface area contributed by atoms with Gasteiger partial charge in [0.1, 0.15) is 5.65 Å². The maximum Gasteiger partial charge on any atom is 0.152 e. The molecule has 0 spiro atoms. The quantitative estimate of drug-likeness (QED) is 0.793. The summed E-state index contributed by atoms with van der Waals surface area (Å²) in [7, 11) is 2.18. The van der Waals surface area contributed by atoms with E-state index in [1.165, 1.54) is 5.69 Å². The Labute approximate surface area is 122 Å². The Morgan fingerprint density at radius 1 is 1.37 bits per heavy atom. The first-order valence-corrected chi connectivity index (χ1v) is 7.80. The first-order valence-electron chi connectivity index (χ1n) is 6.68. The fraction of sp³-hybridized carbons (Fsp3) is 0.500. The highest BCUT2D eigenvalue weighted by atomic mass is 79.9. The molecule has 1 saturated heterocycles. The number of imidazole rings is 1. The molecule has 0 radical (unpaired) electrons. The van der Waals surface area contributed by atoms with Crippen molar-refractivity contribution in [3.63, 3.8) is 0 Å². The molecule has 1 unspecified atom stereocenters. The van der Waals surface area contributed by atoms with Gasteiger partial charge in [-0.1, -0.05) is 22.0 Å². The highest BCUT2D eigenvalue weighted by Gasteiger charge is 2.26. The number of halogens is 1. The van der Waals surface area contributed by atoms with Gasteiger partial charge in [-0.05, 0) is 26.1 Å². The van der Waals surface area contributed by atoms with Gasteiger partial charge in [0.25, 0.3) is 0 Å². The van der Waals surface area contributed by atoms with Gasteiger partial charge in [0.2, 0.25) is 0 Å². The zero-order chi connectivity index (χ0) is 13.4. The Kier molecular flexibility index (Phi) is 3.50. The Morgan fingerprint density at radius 2 is 2.21 bits per heavy atom. The highest BCUT2D eigenvalue weighted by Crippen LogP contribution is 2.26. The molecule has 102 valence electrons. The van der Waals surface area contributed by atoms with Crippen molar-refractivity contribution < 1.29 is 0 Å². The molecule has 0 aromatic carbocycles. The molecule has 1 aliphatic rings. The zero-order valence-electron chi connectivity index (χ0n) is 11.4. The summed E-state index contributed by atoms with van der Waals surface area (Å²) in [5.41, 5.74) is 2.27. The van der Waals surface area contributed by atoms with Crippen molar-refractivity contribution >= 4 is 27.4 Å². The minimum absolute atomic E-state index is 0.501. The zero-order valence-corrected chi connectivity index (χ0v) is 13.0. The smallest absolute Gasteiger partial charge is 0.152 e. The second-order valence-corrected chi connectivity index (χ2v) is 5.81. The summed E-state index contributed by atoms with van der Waals surface area (Å²) in [5.74, 6) is 1.13. The lowest BCUT2D eigenvalue weighted by atomic mass is 10.2. The van der Waals surface area contributed by atoms with Gasteiger partial charge in [0.05, 0.1) is 5.69 Å². The van der Waals surface area contributed by atoms with Crippen LogP contribution in [-0.4, -0.2) is 47.0 Å². The van der Waals surface area contributed by atoms with Gasteiger partial charge in [-0.3, -0.25) is 0 Å². The van der Waals surface area contributed by atoms with E-state index in [4.69, 9.17) is 4.98 Å². The van der Waals surface area contributed by atoms with E-state index < -0.39 is 0 Å². The number of hydrogen-bond acceptors (Lipinski definition) is 3. The summed E-state index contributed by atoms with van der Waals surface area (Å²) >= 11 is 3.61. The number of nitrogens with zero attached hydrogens (tertiary/aromatic N) is 4. The summed E-state index contributed by atoms with van der Waals surface area (Å²) in [5, 5.41) is 0.826. The molecular formula is C14H19BrN4. The van der Waals surface area contributed by atoms with Crippen molar-refractivity contribution in [1.82, 2.24) is 14.3 Å². The molecule has 0 aliphatic carbocycles. The lowest BCUT2D eigenvalue weighted by Gasteiger charge is -2.38. The van der Waals surface area contributed by atoms with E-state index in [2.05, 4.69) is 62.4 Å². The predicted octanol–water partition coefficient (Wildman–Crippen LogP) is 2.37. The second kappa shape index (κ2) is 5.13. The number of rotatable bonds is 2. The summed E-state index contributed by atoms with van der Waals surface area (Å²) < 4.78 is 2.18. The summed E-state index contributed by atoms with van der Waals surface area (Å²) in [6.07, 6.45) is 2.09. The van der Waals surface area contributed by atoms with Crippen molar-refractivity contribution in [3.05, 3.63) is 30.1 Å². The minimum Gasteiger partial charge on any atom is -0.350 e. The van der Waals surface area contributed by atoms with Crippen LogP contribution in [0.25, 0.3) is 5.65 Å². The summed E-state index contributed by atoms with van der Waals surface area (Å²) in [6.45, 7) is 5.51. The van der Waals surface area contributed by atoms with Gasteiger partial charge >= 0.3 is 0 Å². The lowest BCUT2D eigenvalue weighted by molar-refractivity contribution is 0.274. The normalized spacial score (nSPS) is 21.2. The number of pyridine rings is 1. The van der Waals surface area contributed by atoms with Crippen LogP contribution in [0.4, 0.5) is 5.82 Å². The average Bonchev–Trinajstić information content (AvgIpc) is 2.76. The standard InChI is InChI=1S/C14H19BrN4/c1-11-10-17(2)7-8-18(11)14-12(9-15)19-6-4-3-5-13(19)16-14/h3-6,11H,7-10H2,1-2H3. The number of alkyl halides is 1. The molecule has 1 aliphatic heterocycles. The van der Waals surface area contributed by atoms with Gasteiger partial charge in [-0.25, -0.2) is 4.98 Å². The van der Waals surface area contributed by atoms with Gasteiger partial charge in [-0.2, -0.15) is 0 Å². The van der Waals surface area contributed by atoms with Crippen LogP contribution in [0.5, 0.6) is 0 Å². The number of likely N-dealkylation sites (N-methyl/N-ethyl adjacent to an activating group) is 1. The first-order chi connectivity index (χ1) is 9.20. The van der Waals surface area contributed by atoms with E-state index in [-0.39, 0.29) is 0 Å². The third kappa shape index (κ3) is 2.25. The van der Waals surface area contributed by atoms with Crippen LogP contribution < -0.4 is 4.90 Å². The molecule has 2 aromatic heterocycles. The maximum atomic E-state index is 4.82. The number of anilines is 1. The van der Waals surface area contributed by atoms with Crippen LogP contribution in [0.2, 0.25) is 0 Å². The topological polar surface area (TPSA) is 23.8 Å². The maximum absolute atomic E-state index is 4.82. The third-order valence-electron chi connectivity index (χ3n) is 3.84. The molecule has 2 aromatic rings. The molecule has 0 saturated carbocycles. The molecule has 3 rings (SSSR count). The summed E-state index contributed by atoms with van der Waals surface area (Å²) in [6, 6.07) is 6.66. The fourth-order valence-corrected chi connectivity index (χ4v) is 3.36. The number of fused-ring (bicyclic) bond motifs is 1. The van der Waals surface area contributed by atoms with E-state index in [9.17, 15) is 0 Å². The fourth-order valence-electron chi connectivity index (χ4n) is 2.84. The molecule has 0 bridgehead atoms. The summed E-state index contributed by atoms with van der Waals surface area (Å²) in [4.78, 5) is 9.64. The van der Waals surface area contributed by atoms with Crippen LogP contribution in [-0.2, 0) is 5.33 Å². The predicted molar refractivity (Wildman–Crippen MR) is 82.1 cm³/mol. The monoisotopic (exact) mass is 322 g/mol. The Balaban J connectivity index is 2.04. The number of aromatic nitrogens is 2. The van der Waals surface area contributed by atoms with Crippen LogP contribution in [0.15, 0.2) is 24.4 Å². The Morgan fingerprint density at radius 3 is 2.95 bits per heavy atom.